The van der Waals surface area contributed by atoms with E-state index >= 15 is 0 Å². The smallest absolute Gasteiger partial charge is 0.352 e. The van der Waals surface area contributed by atoms with Gasteiger partial charge in [0.1, 0.15) is 13.2 Å². The Bertz CT molecular complexity index is 692. The molecule has 0 saturated heterocycles. The van der Waals surface area contributed by atoms with Gasteiger partial charge in [-0.25, -0.2) is 4.79 Å². The summed E-state index contributed by atoms with van der Waals surface area (Å²) < 4.78 is 25.1. The predicted molar refractivity (Wildman–Crippen MR) is 90.4 cm³/mol. The Morgan fingerprint density at radius 1 is 1.00 bits per heavy atom. The highest BCUT2D eigenvalue weighted by Crippen LogP contribution is 2.45. The molecule has 0 aliphatic heterocycles. The summed E-state index contributed by atoms with van der Waals surface area (Å²) in [5, 5.41) is 23.0. The van der Waals surface area contributed by atoms with E-state index in [0.717, 1.165) is 6.07 Å². The fourth-order valence-electron chi connectivity index (χ4n) is 2.04. The van der Waals surface area contributed by atoms with Crippen LogP contribution >= 0.6 is 0 Å². The number of rotatable bonds is 12. The van der Waals surface area contributed by atoms with Gasteiger partial charge < -0.3 is 23.7 Å². The Morgan fingerprint density at radius 2 is 1.59 bits per heavy atom. The van der Waals surface area contributed by atoms with Crippen molar-refractivity contribution in [2.75, 3.05) is 47.3 Å². The molecule has 0 unspecified atom stereocenters. The molecule has 0 atom stereocenters. The first-order valence-electron chi connectivity index (χ1n) is 7.79. The van der Waals surface area contributed by atoms with E-state index in [-0.39, 0.29) is 38.8 Å². The van der Waals surface area contributed by atoms with Crippen LogP contribution in [0.1, 0.15) is 17.3 Å². The van der Waals surface area contributed by atoms with Crippen LogP contribution in [0.25, 0.3) is 0 Å². The molecule has 150 valence electrons. The molecule has 0 aliphatic rings. The maximum absolute atomic E-state index is 12.2. The van der Waals surface area contributed by atoms with Crippen molar-refractivity contribution in [2.45, 2.75) is 6.92 Å². The molecule has 0 aliphatic carbocycles. The SMILES string of the molecule is CCOC(=O)c1c([N+](=O)[O-])cc(OCCOC)c(OCCOC)c1[N+](=O)[O-]. The normalized spacial score (nSPS) is 10.3. The van der Waals surface area contributed by atoms with E-state index in [9.17, 15) is 25.0 Å². The van der Waals surface area contributed by atoms with E-state index < -0.39 is 38.5 Å². The molecule has 1 aromatic rings. The number of esters is 1. The van der Waals surface area contributed by atoms with Crippen molar-refractivity contribution in [1.29, 1.82) is 0 Å². The molecule has 0 N–H and O–H groups in total. The average Bonchev–Trinajstić information content (AvgIpc) is 2.61. The van der Waals surface area contributed by atoms with Crippen LogP contribution in [0.15, 0.2) is 6.07 Å². The third-order valence-corrected chi connectivity index (χ3v) is 3.14. The number of hydrogen-bond donors (Lipinski definition) is 0. The molecule has 0 radical (unpaired) electrons. The van der Waals surface area contributed by atoms with E-state index in [1.807, 2.05) is 0 Å². The van der Waals surface area contributed by atoms with Gasteiger partial charge >= 0.3 is 11.7 Å². The van der Waals surface area contributed by atoms with Crippen molar-refractivity contribution >= 4 is 17.3 Å². The minimum absolute atomic E-state index is 0.0514. The van der Waals surface area contributed by atoms with E-state index in [1.165, 1.54) is 21.1 Å². The Balaban J connectivity index is 3.64. The highest BCUT2D eigenvalue weighted by atomic mass is 16.6. The third kappa shape index (κ3) is 5.76. The van der Waals surface area contributed by atoms with Crippen molar-refractivity contribution in [1.82, 2.24) is 0 Å². The number of ether oxygens (including phenoxy) is 5. The summed E-state index contributed by atoms with van der Waals surface area (Å²) in [6, 6.07) is 0.886. The van der Waals surface area contributed by atoms with Gasteiger partial charge in [-0.05, 0) is 6.92 Å². The topological polar surface area (TPSA) is 150 Å². The van der Waals surface area contributed by atoms with E-state index in [0.29, 0.717) is 0 Å². The second kappa shape index (κ2) is 10.9. The molecule has 1 rings (SSSR count). The summed E-state index contributed by atoms with van der Waals surface area (Å²) in [7, 11) is 2.81. The van der Waals surface area contributed by atoms with E-state index in [1.54, 1.807) is 0 Å². The Hall–Kier alpha value is -2.99. The molecule has 12 nitrogen and oxygen atoms in total. The summed E-state index contributed by atoms with van der Waals surface area (Å²) in [5.74, 6) is -1.91. The highest BCUT2D eigenvalue weighted by molar-refractivity contribution is 6.00. The molecule has 0 heterocycles. The standard InChI is InChI=1S/C15H20N2O10/c1-4-25-15(18)12-10(16(19)20)9-11(26-7-5-23-2)14(13(12)17(21)22)27-8-6-24-3/h9H,4-8H2,1-3H3. The van der Waals surface area contributed by atoms with Crippen molar-refractivity contribution in [2.24, 2.45) is 0 Å². The lowest BCUT2D eigenvalue weighted by atomic mass is 10.1. The fraction of sp³-hybridized carbons (Fsp3) is 0.533. The molecule has 0 fully saturated rings. The number of carbonyl (C=O) groups excluding carboxylic acids is 1. The monoisotopic (exact) mass is 388 g/mol. The van der Waals surface area contributed by atoms with Gasteiger partial charge in [0.05, 0.1) is 35.7 Å². The first-order chi connectivity index (χ1) is 12.9. The highest BCUT2D eigenvalue weighted by Gasteiger charge is 2.39. The Labute approximate surface area is 154 Å². The minimum atomic E-state index is -1.21. The van der Waals surface area contributed by atoms with Gasteiger partial charge in [0.2, 0.25) is 11.3 Å². The van der Waals surface area contributed by atoms with Crippen molar-refractivity contribution in [3.8, 4) is 11.5 Å². The minimum Gasteiger partial charge on any atom is -0.487 e. The number of nitrogens with zero attached hydrogens (tertiary/aromatic N) is 2. The molecule has 0 amide bonds. The Morgan fingerprint density at radius 3 is 2.07 bits per heavy atom. The molecule has 0 aromatic heterocycles. The predicted octanol–water partition coefficient (Wildman–Crippen LogP) is 1.73. The van der Waals surface area contributed by atoms with Crippen molar-refractivity contribution in [3.63, 3.8) is 0 Å². The number of benzene rings is 1. The number of nitro groups is 2. The van der Waals surface area contributed by atoms with Crippen LogP contribution in [0, 0.1) is 20.2 Å². The van der Waals surface area contributed by atoms with E-state index in [4.69, 9.17) is 23.7 Å². The first kappa shape index (κ1) is 22.1. The van der Waals surface area contributed by atoms with Crippen LogP contribution < -0.4 is 9.47 Å². The van der Waals surface area contributed by atoms with Gasteiger partial charge in [-0.1, -0.05) is 0 Å². The maximum atomic E-state index is 12.2. The quantitative estimate of drug-likeness (QED) is 0.224. The second-order valence-corrected chi connectivity index (χ2v) is 4.86. The van der Waals surface area contributed by atoms with Gasteiger partial charge in [0.15, 0.2) is 5.75 Å². The van der Waals surface area contributed by atoms with E-state index in [2.05, 4.69) is 0 Å². The summed E-state index contributed by atoms with van der Waals surface area (Å²) in [5.41, 5.74) is -2.56. The number of carbonyl (C=O) groups is 1. The lowest BCUT2D eigenvalue weighted by molar-refractivity contribution is -0.395. The average molecular weight is 388 g/mol. The first-order valence-corrected chi connectivity index (χ1v) is 7.79. The van der Waals surface area contributed by atoms with Gasteiger partial charge in [0, 0.05) is 14.2 Å². The summed E-state index contributed by atoms with van der Waals surface area (Å²) in [6.07, 6.45) is 0. The fourth-order valence-corrected chi connectivity index (χ4v) is 2.04. The number of hydrogen-bond acceptors (Lipinski definition) is 10. The summed E-state index contributed by atoms with van der Waals surface area (Å²) in [4.78, 5) is 33.3. The van der Waals surface area contributed by atoms with Crippen LogP contribution in [-0.2, 0) is 14.2 Å². The zero-order valence-corrected chi connectivity index (χ0v) is 15.1. The number of methoxy groups -OCH3 is 2. The zero-order valence-electron chi connectivity index (χ0n) is 15.1. The third-order valence-electron chi connectivity index (χ3n) is 3.14. The second-order valence-electron chi connectivity index (χ2n) is 4.86. The van der Waals surface area contributed by atoms with Crippen molar-refractivity contribution < 1.29 is 38.3 Å². The van der Waals surface area contributed by atoms with Crippen LogP contribution in [0.3, 0.4) is 0 Å². The molecule has 27 heavy (non-hydrogen) atoms. The lowest BCUT2D eigenvalue weighted by Gasteiger charge is -2.14. The van der Waals surface area contributed by atoms with Crippen LogP contribution in [-0.4, -0.2) is 63.1 Å². The summed E-state index contributed by atoms with van der Waals surface area (Å²) in [6.45, 7) is 1.38. The largest absolute Gasteiger partial charge is 0.487 e. The van der Waals surface area contributed by atoms with Crippen molar-refractivity contribution in [3.05, 3.63) is 31.9 Å². The molecule has 12 heteroatoms. The van der Waals surface area contributed by atoms with Crippen LogP contribution in [0.2, 0.25) is 0 Å². The molecular formula is C15H20N2O10. The van der Waals surface area contributed by atoms with Gasteiger partial charge in [-0.2, -0.15) is 0 Å². The van der Waals surface area contributed by atoms with Gasteiger partial charge in [0.25, 0.3) is 5.69 Å². The van der Waals surface area contributed by atoms with Gasteiger partial charge in [-0.15, -0.1) is 0 Å². The Kier molecular flexibility index (Phi) is 8.89. The lowest BCUT2D eigenvalue weighted by Crippen LogP contribution is -2.15. The molecule has 0 spiro atoms. The molecule has 0 bridgehead atoms. The maximum Gasteiger partial charge on any atom is 0.352 e. The molecule has 1 aromatic carbocycles. The summed E-state index contributed by atoms with van der Waals surface area (Å²) >= 11 is 0. The molecule has 0 saturated carbocycles. The van der Waals surface area contributed by atoms with Crippen LogP contribution in [0.4, 0.5) is 11.4 Å². The number of nitro benzene ring substituents is 2. The van der Waals surface area contributed by atoms with Gasteiger partial charge in [-0.3, -0.25) is 20.2 Å². The zero-order chi connectivity index (χ0) is 20.4. The molecular weight excluding hydrogens is 368 g/mol. The van der Waals surface area contributed by atoms with Crippen LogP contribution in [0.5, 0.6) is 11.5 Å².